The van der Waals surface area contributed by atoms with Gasteiger partial charge in [0.25, 0.3) is 0 Å². The summed E-state index contributed by atoms with van der Waals surface area (Å²) in [6.07, 6.45) is 3.79. The van der Waals surface area contributed by atoms with Crippen molar-refractivity contribution in [3.63, 3.8) is 0 Å². The molecule has 96 valence electrons. The smallest absolute Gasteiger partial charge is 0.203 e. The van der Waals surface area contributed by atoms with Crippen LogP contribution in [0.2, 0.25) is 0 Å². The second-order valence-electron chi connectivity index (χ2n) is 4.35. The number of anilines is 1. The Morgan fingerprint density at radius 2 is 2.06 bits per heavy atom. The highest BCUT2D eigenvalue weighted by Crippen LogP contribution is 2.18. The molecule has 1 aromatic heterocycles. The average Bonchev–Trinajstić information content (AvgIpc) is 2.86. The summed E-state index contributed by atoms with van der Waals surface area (Å²) in [5.74, 6) is 0.910. The van der Waals surface area contributed by atoms with Crippen LogP contribution < -0.4 is 11.1 Å². The van der Waals surface area contributed by atoms with E-state index >= 15 is 0 Å². The summed E-state index contributed by atoms with van der Waals surface area (Å²) >= 11 is 0. The number of hydrogen-bond donors (Lipinski definition) is 2. The van der Waals surface area contributed by atoms with Gasteiger partial charge in [-0.2, -0.15) is 0 Å². The van der Waals surface area contributed by atoms with E-state index in [1.165, 1.54) is 5.56 Å². The van der Waals surface area contributed by atoms with E-state index in [9.17, 15) is 0 Å². The highest BCUT2D eigenvalue weighted by molar-refractivity contribution is 5.33. The number of nitrogens with one attached hydrogen (secondary N) is 1. The minimum absolute atomic E-state index is 0.226. The predicted molar refractivity (Wildman–Crippen MR) is 74.3 cm³/mol. The summed E-state index contributed by atoms with van der Waals surface area (Å²) < 4.78 is 2.09. The van der Waals surface area contributed by atoms with Gasteiger partial charge in [-0.05, 0) is 25.0 Å². The molecule has 1 heterocycles. The van der Waals surface area contributed by atoms with Gasteiger partial charge in [0, 0.05) is 25.5 Å². The number of imidazole rings is 1. The standard InChI is InChI=1S/C14H20N4/c1-3-18-9-8-16-14(18)17-11(2)13-6-4-12(10-15)5-7-13/h4-9,11H,3,10,15H2,1-2H3,(H,16,17). The van der Waals surface area contributed by atoms with E-state index in [1.54, 1.807) is 0 Å². The molecule has 4 nitrogen and oxygen atoms in total. The summed E-state index contributed by atoms with van der Waals surface area (Å²) in [5, 5.41) is 3.42. The number of aryl methyl sites for hydroxylation is 1. The molecular weight excluding hydrogens is 224 g/mol. The van der Waals surface area contributed by atoms with E-state index < -0.39 is 0 Å². The second-order valence-corrected chi connectivity index (χ2v) is 4.35. The van der Waals surface area contributed by atoms with Gasteiger partial charge in [0.15, 0.2) is 0 Å². The van der Waals surface area contributed by atoms with E-state index in [-0.39, 0.29) is 6.04 Å². The van der Waals surface area contributed by atoms with Crippen LogP contribution in [0.4, 0.5) is 5.95 Å². The first-order chi connectivity index (χ1) is 8.74. The first kappa shape index (κ1) is 12.6. The Morgan fingerprint density at radius 3 is 2.67 bits per heavy atom. The first-order valence-corrected chi connectivity index (χ1v) is 6.31. The van der Waals surface area contributed by atoms with Crippen molar-refractivity contribution < 1.29 is 0 Å². The maximum Gasteiger partial charge on any atom is 0.203 e. The number of benzene rings is 1. The van der Waals surface area contributed by atoms with Crippen LogP contribution in [0.3, 0.4) is 0 Å². The Labute approximate surface area is 108 Å². The zero-order valence-electron chi connectivity index (χ0n) is 10.9. The molecule has 0 amide bonds. The lowest BCUT2D eigenvalue weighted by atomic mass is 10.1. The Bertz CT molecular complexity index is 487. The number of rotatable bonds is 5. The number of nitrogens with zero attached hydrogens (tertiary/aromatic N) is 2. The van der Waals surface area contributed by atoms with Crippen LogP contribution in [-0.2, 0) is 13.1 Å². The fourth-order valence-corrected chi connectivity index (χ4v) is 1.92. The largest absolute Gasteiger partial charge is 0.349 e. The van der Waals surface area contributed by atoms with E-state index in [0.717, 1.165) is 18.1 Å². The summed E-state index contributed by atoms with van der Waals surface area (Å²) in [4.78, 5) is 4.32. The van der Waals surface area contributed by atoms with Gasteiger partial charge in [0.05, 0.1) is 6.04 Å². The van der Waals surface area contributed by atoms with Crippen LogP contribution in [-0.4, -0.2) is 9.55 Å². The molecule has 1 aromatic carbocycles. The van der Waals surface area contributed by atoms with Crippen molar-refractivity contribution in [2.75, 3.05) is 5.32 Å². The van der Waals surface area contributed by atoms with E-state index in [2.05, 4.69) is 53.0 Å². The Hall–Kier alpha value is -1.81. The van der Waals surface area contributed by atoms with Crippen molar-refractivity contribution in [3.05, 3.63) is 47.8 Å². The third kappa shape index (κ3) is 2.71. The normalized spacial score (nSPS) is 12.4. The van der Waals surface area contributed by atoms with Crippen molar-refractivity contribution >= 4 is 5.95 Å². The zero-order chi connectivity index (χ0) is 13.0. The van der Waals surface area contributed by atoms with E-state index in [0.29, 0.717) is 6.54 Å². The lowest BCUT2D eigenvalue weighted by molar-refractivity contribution is 0.744. The fourth-order valence-electron chi connectivity index (χ4n) is 1.92. The van der Waals surface area contributed by atoms with E-state index in [4.69, 9.17) is 5.73 Å². The number of aromatic nitrogens is 2. The van der Waals surface area contributed by atoms with Crippen LogP contribution >= 0.6 is 0 Å². The molecule has 2 aromatic rings. The molecule has 0 bridgehead atoms. The van der Waals surface area contributed by atoms with Gasteiger partial charge in [-0.15, -0.1) is 0 Å². The molecule has 1 unspecified atom stereocenters. The molecule has 0 radical (unpaired) electrons. The molecule has 1 atom stereocenters. The first-order valence-electron chi connectivity index (χ1n) is 6.31. The number of hydrogen-bond acceptors (Lipinski definition) is 3. The zero-order valence-corrected chi connectivity index (χ0v) is 10.9. The van der Waals surface area contributed by atoms with Gasteiger partial charge in [-0.25, -0.2) is 4.98 Å². The third-order valence-electron chi connectivity index (χ3n) is 3.12. The van der Waals surface area contributed by atoms with Crippen molar-refractivity contribution in [1.82, 2.24) is 9.55 Å². The summed E-state index contributed by atoms with van der Waals surface area (Å²) in [6.45, 7) is 5.74. The van der Waals surface area contributed by atoms with Gasteiger partial charge in [0.1, 0.15) is 0 Å². The summed E-state index contributed by atoms with van der Waals surface area (Å²) in [7, 11) is 0. The molecule has 0 spiro atoms. The quantitative estimate of drug-likeness (QED) is 0.849. The van der Waals surface area contributed by atoms with Crippen LogP contribution in [0.25, 0.3) is 0 Å². The Balaban J connectivity index is 2.09. The Kier molecular flexibility index (Phi) is 3.99. The molecule has 18 heavy (non-hydrogen) atoms. The molecule has 0 fully saturated rings. The maximum atomic E-state index is 5.59. The lowest BCUT2D eigenvalue weighted by Gasteiger charge is -2.16. The predicted octanol–water partition coefficient (Wildman–Crippen LogP) is 2.53. The fraction of sp³-hybridized carbons (Fsp3) is 0.357. The SMILES string of the molecule is CCn1ccnc1NC(C)c1ccc(CN)cc1. The van der Waals surface area contributed by atoms with Crippen molar-refractivity contribution in [2.45, 2.75) is 33.0 Å². The molecule has 0 aliphatic rings. The van der Waals surface area contributed by atoms with Crippen LogP contribution in [0, 0.1) is 0 Å². The molecular formula is C14H20N4. The molecule has 4 heteroatoms. The van der Waals surface area contributed by atoms with Gasteiger partial charge >= 0.3 is 0 Å². The highest BCUT2D eigenvalue weighted by atomic mass is 15.2. The second kappa shape index (κ2) is 5.69. The highest BCUT2D eigenvalue weighted by Gasteiger charge is 2.08. The molecule has 2 rings (SSSR count). The van der Waals surface area contributed by atoms with Crippen LogP contribution in [0.15, 0.2) is 36.7 Å². The minimum atomic E-state index is 0.226. The van der Waals surface area contributed by atoms with Crippen molar-refractivity contribution in [2.24, 2.45) is 5.73 Å². The summed E-state index contributed by atoms with van der Waals surface area (Å²) in [5.41, 5.74) is 7.98. The van der Waals surface area contributed by atoms with Crippen molar-refractivity contribution in [3.8, 4) is 0 Å². The van der Waals surface area contributed by atoms with Crippen molar-refractivity contribution in [1.29, 1.82) is 0 Å². The lowest BCUT2D eigenvalue weighted by Crippen LogP contribution is -2.11. The number of nitrogens with two attached hydrogens (primary N) is 1. The molecule has 0 aliphatic heterocycles. The topological polar surface area (TPSA) is 55.9 Å². The van der Waals surface area contributed by atoms with Gasteiger partial charge < -0.3 is 15.6 Å². The van der Waals surface area contributed by atoms with Gasteiger partial charge in [0.2, 0.25) is 5.95 Å². The third-order valence-corrected chi connectivity index (χ3v) is 3.12. The minimum Gasteiger partial charge on any atom is -0.349 e. The monoisotopic (exact) mass is 244 g/mol. The van der Waals surface area contributed by atoms with E-state index in [1.807, 2.05) is 12.4 Å². The van der Waals surface area contributed by atoms with Gasteiger partial charge in [-0.1, -0.05) is 24.3 Å². The maximum absolute atomic E-state index is 5.59. The molecule has 3 N–H and O–H groups in total. The molecule has 0 saturated heterocycles. The van der Waals surface area contributed by atoms with Crippen LogP contribution in [0.5, 0.6) is 0 Å². The summed E-state index contributed by atoms with van der Waals surface area (Å²) in [6, 6.07) is 8.59. The molecule has 0 aliphatic carbocycles. The van der Waals surface area contributed by atoms with Crippen LogP contribution in [0.1, 0.15) is 31.0 Å². The average molecular weight is 244 g/mol. The molecule has 0 saturated carbocycles. The van der Waals surface area contributed by atoms with Gasteiger partial charge in [-0.3, -0.25) is 0 Å². The Morgan fingerprint density at radius 1 is 1.33 bits per heavy atom.